The molecule has 0 nitrogen and oxygen atoms in total. The molecule has 1 saturated heterocycles. The Bertz CT molecular complexity index is 1930. The number of hydrogen-bond acceptors (Lipinski definition) is 0. The van der Waals surface area contributed by atoms with Crippen LogP contribution in [0.3, 0.4) is 0 Å². The maximum atomic E-state index is 13.7. The van der Waals surface area contributed by atoms with Crippen LogP contribution in [0.15, 0.2) is 83.9 Å². The predicted octanol–water partition coefficient (Wildman–Crippen LogP) is 13.7. The fraction of sp³-hybridized carbons (Fsp3) is 0.263. The molecule has 0 aromatic heterocycles. The number of rotatable bonds is 4. The first-order valence-electron chi connectivity index (χ1n) is 15.8. The summed E-state index contributed by atoms with van der Waals surface area (Å²) in [5, 5.41) is 0. The van der Waals surface area contributed by atoms with E-state index in [0.29, 0.717) is 11.1 Å². The van der Waals surface area contributed by atoms with E-state index in [4.69, 9.17) is 0 Å². The molecule has 2 aliphatic carbocycles. The van der Waals surface area contributed by atoms with Crippen LogP contribution < -0.4 is 0 Å². The SMILES string of the molecule is CC1=Cc2c(-c3cc(C(F)(F)F)cc(C(F)(F)F)c3)cccc2[CH]1[Ti]1([CH]2C(C)=Cc3c(-c4cc(C(F)(F)F)cc(C(F)(F)F)c4)cccc32)[CH2][CH2]1. The molecular weight excluding hydrogens is 732 g/mol. The van der Waals surface area contributed by atoms with Crippen LogP contribution in [0, 0.1) is 0 Å². The van der Waals surface area contributed by atoms with Gasteiger partial charge in [-0.15, -0.1) is 0 Å². The van der Waals surface area contributed by atoms with E-state index in [2.05, 4.69) is 0 Å². The third-order valence-electron chi connectivity index (χ3n) is 10.3. The van der Waals surface area contributed by atoms with Crippen molar-refractivity contribution >= 4 is 12.2 Å². The molecule has 1 fully saturated rings. The Kier molecular flexibility index (Phi) is 8.12. The van der Waals surface area contributed by atoms with E-state index in [-0.39, 0.29) is 42.8 Å². The number of alkyl halides is 12. The molecule has 7 rings (SSSR count). The summed E-state index contributed by atoms with van der Waals surface area (Å²) in [5.74, 6) is 0. The van der Waals surface area contributed by atoms with Crippen molar-refractivity contribution in [3.8, 4) is 22.3 Å². The van der Waals surface area contributed by atoms with Gasteiger partial charge in [0, 0.05) is 0 Å². The second kappa shape index (κ2) is 11.6. The Morgan fingerprint density at radius 3 is 1.06 bits per heavy atom. The van der Waals surface area contributed by atoms with Gasteiger partial charge in [0.2, 0.25) is 0 Å². The third kappa shape index (κ3) is 6.16. The van der Waals surface area contributed by atoms with E-state index in [1.54, 1.807) is 12.1 Å². The van der Waals surface area contributed by atoms with Gasteiger partial charge in [-0.3, -0.25) is 0 Å². The number of fused-ring (bicyclic) bond motifs is 2. The molecule has 1 aliphatic heterocycles. The molecule has 266 valence electrons. The van der Waals surface area contributed by atoms with E-state index >= 15 is 0 Å². The number of allylic oxidation sites excluding steroid dienone is 2. The Morgan fingerprint density at radius 2 is 0.784 bits per heavy atom. The zero-order valence-corrected chi connectivity index (χ0v) is 28.2. The van der Waals surface area contributed by atoms with E-state index < -0.39 is 63.5 Å². The molecule has 1 heterocycles. The number of hydrogen-bond donors (Lipinski definition) is 0. The minimum atomic E-state index is -5.02. The topological polar surface area (TPSA) is 0 Å². The van der Waals surface area contributed by atoms with Gasteiger partial charge in [0.05, 0.1) is 0 Å². The van der Waals surface area contributed by atoms with Crippen LogP contribution in [0.5, 0.6) is 0 Å². The summed E-state index contributed by atoms with van der Waals surface area (Å²) in [6, 6.07) is 13.0. The van der Waals surface area contributed by atoms with Crippen molar-refractivity contribution in [2.24, 2.45) is 0 Å². The van der Waals surface area contributed by atoms with Gasteiger partial charge in [-0.2, -0.15) is 0 Å². The summed E-state index contributed by atoms with van der Waals surface area (Å²) < 4.78 is 166. The zero-order chi connectivity index (χ0) is 37.1. The van der Waals surface area contributed by atoms with Gasteiger partial charge in [-0.05, 0) is 0 Å². The van der Waals surface area contributed by atoms with Crippen molar-refractivity contribution in [1.82, 2.24) is 0 Å². The molecular formula is C38H26F12Ti. The molecule has 2 atom stereocenters. The Hall–Kier alpha value is -3.77. The average Bonchev–Trinajstić information content (AvgIpc) is 3.60. The zero-order valence-electron chi connectivity index (χ0n) is 26.7. The monoisotopic (exact) mass is 758 g/mol. The van der Waals surface area contributed by atoms with E-state index in [0.717, 1.165) is 56.0 Å². The van der Waals surface area contributed by atoms with Gasteiger partial charge < -0.3 is 0 Å². The van der Waals surface area contributed by atoms with Crippen LogP contribution in [0.1, 0.15) is 66.8 Å². The standard InChI is InChI=1S/2C18H11F6.C2H4.Ti/c2*1-10-5-11-3-2-4-15(16(11)6-10)12-7-13(17(19,20)21)9-14(8-12)18(22,23)24;1-2;/h2*2-9H,1H3;1-2H2;. The Labute approximate surface area is 287 Å². The molecule has 2 unspecified atom stereocenters. The molecule has 51 heavy (non-hydrogen) atoms. The van der Waals surface area contributed by atoms with Gasteiger partial charge in [0.25, 0.3) is 0 Å². The van der Waals surface area contributed by atoms with Crippen molar-refractivity contribution in [3.63, 3.8) is 0 Å². The fourth-order valence-electron chi connectivity index (χ4n) is 8.24. The summed E-state index contributed by atoms with van der Waals surface area (Å²) in [4.78, 5) is 0. The maximum absolute atomic E-state index is 13.7. The Morgan fingerprint density at radius 1 is 0.471 bits per heavy atom. The van der Waals surface area contributed by atoms with Crippen LogP contribution >= 0.6 is 0 Å². The molecule has 0 amide bonds. The first kappa shape index (κ1) is 35.6. The second-order valence-electron chi connectivity index (χ2n) is 13.6. The van der Waals surface area contributed by atoms with Crippen LogP contribution in [0.25, 0.3) is 34.4 Å². The molecule has 0 radical (unpaired) electrons. The summed E-state index contributed by atoms with van der Waals surface area (Å²) in [6.45, 7) is 3.78. The molecule has 0 spiro atoms. The van der Waals surface area contributed by atoms with Crippen molar-refractivity contribution in [1.29, 1.82) is 0 Å². The first-order valence-corrected chi connectivity index (χ1v) is 19.8. The molecule has 3 aliphatic rings. The molecule has 0 N–H and O–H groups in total. The van der Waals surface area contributed by atoms with E-state index in [9.17, 15) is 52.7 Å². The van der Waals surface area contributed by atoms with Gasteiger partial charge in [0.15, 0.2) is 0 Å². The predicted molar refractivity (Wildman–Crippen MR) is 166 cm³/mol. The van der Waals surface area contributed by atoms with Crippen molar-refractivity contribution < 1.29 is 69.3 Å². The molecule has 4 aromatic rings. The third-order valence-corrected chi connectivity index (χ3v) is 18.9. The van der Waals surface area contributed by atoms with Crippen LogP contribution in [0.4, 0.5) is 52.7 Å². The molecule has 0 saturated carbocycles. The molecule has 0 bridgehead atoms. The quantitative estimate of drug-likeness (QED) is 0.144. The van der Waals surface area contributed by atoms with Crippen LogP contribution in [0.2, 0.25) is 9.45 Å². The van der Waals surface area contributed by atoms with Crippen LogP contribution in [-0.2, 0) is 41.3 Å². The number of halogens is 12. The fourth-order valence-corrected chi connectivity index (χ4v) is 18.7. The van der Waals surface area contributed by atoms with Gasteiger partial charge in [0.1, 0.15) is 0 Å². The van der Waals surface area contributed by atoms with Crippen molar-refractivity contribution in [2.75, 3.05) is 0 Å². The summed E-state index contributed by atoms with van der Waals surface area (Å²) >= 11 is -3.17. The van der Waals surface area contributed by atoms with E-state index in [1.807, 2.05) is 38.1 Å². The first-order chi connectivity index (χ1) is 23.6. The minimum absolute atomic E-state index is 0.0926. The molecule has 4 aromatic carbocycles. The van der Waals surface area contributed by atoms with Gasteiger partial charge >= 0.3 is 289 Å². The number of benzene rings is 4. The van der Waals surface area contributed by atoms with Crippen LogP contribution in [-0.4, -0.2) is 0 Å². The van der Waals surface area contributed by atoms with Gasteiger partial charge in [-0.1, -0.05) is 0 Å². The summed E-state index contributed by atoms with van der Waals surface area (Å²) in [6.07, 6.45) is -16.4. The average molecular weight is 758 g/mol. The second-order valence-corrected chi connectivity index (χ2v) is 20.8. The van der Waals surface area contributed by atoms with Crippen molar-refractivity contribution in [3.05, 3.63) is 128 Å². The van der Waals surface area contributed by atoms with Gasteiger partial charge in [-0.25, -0.2) is 0 Å². The normalized spacial score (nSPS) is 19.8. The summed E-state index contributed by atoms with van der Waals surface area (Å²) in [5.41, 5.74) is -1.11. The Balaban J connectivity index is 1.33. The van der Waals surface area contributed by atoms with E-state index in [1.165, 1.54) is 12.1 Å². The summed E-state index contributed by atoms with van der Waals surface area (Å²) in [7, 11) is 0. The van der Waals surface area contributed by atoms with Crippen molar-refractivity contribution in [2.45, 2.75) is 56.4 Å². The molecule has 13 heteroatoms.